The van der Waals surface area contributed by atoms with Gasteiger partial charge in [-0.2, -0.15) is 0 Å². The molecule has 0 radical (unpaired) electrons. The first-order valence-corrected chi connectivity index (χ1v) is 3.33. The maximum absolute atomic E-state index is 12.9. The zero-order valence-corrected chi connectivity index (χ0v) is 6.61. The zero-order chi connectivity index (χ0) is 10.7. The summed E-state index contributed by atoms with van der Waals surface area (Å²) < 4.78 is 25.8. The molecule has 0 heterocycles. The van der Waals surface area contributed by atoms with Gasteiger partial charge in [-0.05, 0) is 17.7 Å². The number of carbonyl (C=O) groups is 1. The Morgan fingerprint density at radius 1 is 1.43 bits per heavy atom. The van der Waals surface area contributed by atoms with Crippen molar-refractivity contribution < 1.29 is 18.7 Å². The molecule has 0 aliphatic carbocycles. The van der Waals surface area contributed by atoms with Crippen LogP contribution in [0.4, 0.5) is 14.5 Å². The van der Waals surface area contributed by atoms with E-state index in [9.17, 15) is 13.6 Å². The van der Waals surface area contributed by atoms with Gasteiger partial charge in [0.05, 0.1) is 0 Å². The van der Waals surface area contributed by atoms with Gasteiger partial charge in [-0.3, -0.25) is 0 Å². The van der Waals surface area contributed by atoms with Crippen LogP contribution in [0.2, 0.25) is 0 Å². The Labute approximate surface area is 76.2 Å². The van der Waals surface area contributed by atoms with E-state index in [-0.39, 0.29) is 5.69 Å². The fourth-order valence-electron chi connectivity index (χ4n) is 0.873. The molecule has 0 saturated carbocycles. The zero-order valence-electron chi connectivity index (χ0n) is 6.61. The Morgan fingerprint density at radius 3 is 2.29 bits per heavy atom. The Hall–Kier alpha value is -2.14. The van der Waals surface area contributed by atoms with Crippen molar-refractivity contribution in [2.75, 3.05) is 0 Å². The molecule has 0 aromatic heterocycles. The second-order valence-electron chi connectivity index (χ2n) is 2.28. The number of carboxylic acid groups (broad SMARTS) is 1. The standard InChI is InChI=1S/C7H3F2N3O2/c8-4-1-3(11-12-10)2-5(9)6(4)7(13)14/h1-2H,(H,13,14). The summed E-state index contributed by atoms with van der Waals surface area (Å²) >= 11 is 0. The van der Waals surface area contributed by atoms with E-state index in [2.05, 4.69) is 10.0 Å². The second kappa shape index (κ2) is 3.71. The van der Waals surface area contributed by atoms with Gasteiger partial charge in [0, 0.05) is 10.6 Å². The average Bonchev–Trinajstić information content (AvgIpc) is 2.01. The smallest absolute Gasteiger partial charge is 0.341 e. The molecular formula is C7H3F2N3O2. The fraction of sp³-hybridized carbons (Fsp3) is 0. The summed E-state index contributed by atoms with van der Waals surface area (Å²) in [5.41, 5.74) is 6.60. The number of nitrogens with zero attached hydrogens (tertiary/aromatic N) is 3. The third kappa shape index (κ3) is 1.78. The van der Waals surface area contributed by atoms with Crippen LogP contribution < -0.4 is 0 Å². The van der Waals surface area contributed by atoms with Crippen molar-refractivity contribution in [1.82, 2.24) is 0 Å². The average molecular weight is 199 g/mol. The van der Waals surface area contributed by atoms with Gasteiger partial charge >= 0.3 is 5.97 Å². The summed E-state index contributed by atoms with van der Waals surface area (Å²) in [5, 5.41) is 11.3. The molecule has 1 rings (SSSR count). The monoisotopic (exact) mass is 199 g/mol. The molecule has 0 fully saturated rings. The number of halogens is 2. The molecule has 0 amide bonds. The maximum atomic E-state index is 12.9. The van der Waals surface area contributed by atoms with Crippen molar-refractivity contribution in [3.05, 3.63) is 39.8 Å². The van der Waals surface area contributed by atoms with Crippen LogP contribution in [0.1, 0.15) is 10.4 Å². The quantitative estimate of drug-likeness (QED) is 0.450. The van der Waals surface area contributed by atoms with Crippen molar-refractivity contribution in [2.45, 2.75) is 0 Å². The minimum atomic E-state index is -1.72. The van der Waals surface area contributed by atoms with E-state index in [1.54, 1.807) is 0 Å². The van der Waals surface area contributed by atoms with Crippen molar-refractivity contribution in [3.63, 3.8) is 0 Å². The summed E-state index contributed by atoms with van der Waals surface area (Å²) in [6, 6.07) is 1.29. The van der Waals surface area contributed by atoms with Gasteiger partial charge in [0.15, 0.2) is 0 Å². The molecule has 14 heavy (non-hydrogen) atoms. The second-order valence-corrected chi connectivity index (χ2v) is 2.28. The van der Waals surface area contributed by atoms with Crippen LogP contribution in [0.5, 0.6) is 0 Å². The Kier molecular flexibility index (Phi) is 2.64. The molecule has 0 unspecified atom stereocenters. The van der Waals surface area contributed by atoms with Crippen molar-refractivity contribution >= 4 is 11.7 Å². The third-order valence-electron chi connectivity index (χ3n) is 1.40. The minimum Gasteiger partial charge on any atom is -0.477 e. The van der Waals surface area contributed by atoms with E-state index in [1.807, 2.05) is 0 Å². The highest BCUT2D eigenvalue weighted by Gasteiger charge is 2.17. The molecular weight excluding hydrogens is 196 g/mol. The number of azide groups is 1. The summed E-state index contributed by atoms with van der Waals surface area (Å²) in [6.45, 7) is 0. The van der Waals surface area contributed by atoms with E-state index in [0.29, 0.717) is 12.1 Å². The van der Waals surface area contributed by atoms with Crippen LogP contribution in [0, 0.1) is 11.6 Å². The van der Waals surface area contributed by atoms with Crippen molar-refractivity contribution in [2.24, 2.45) is 5.11 Å². The van der Waals surface area contributed by atoms with Crippen LogP contribution >= 0.6 is 0 Å². The largest absolute Gasteiger partial charge is 0.477 e. The van der Waals surface area contributed by atoms with E-state index < -0.39 is 23.2 Å². The lowest BCUT2D eigenvalue weighted by Gasteiger charge is -2.00. The predicted molar refractivity (Wildman–Crippen MR) is 42.1 cm³/mol. The lowest BCUT2D eigenvalue weighted by Crippen LogP contribution is -2.03. The number of hydrogen-bond donors (Lipinski definition) is 1. The Balaban J connectivity index is 3.39. The lowest BCUT2D eigenvalue weighted by molar-refractivity contribution is 0.0686. The molecule has 1 aromatic carbocycles. The first-order chi connectivity index (χ1) is 6.56. The molecule has 0 atom stereocenters. The van der Waals surface area contributed by atoms with E-state index in [0.717, 1.165) is 0 Å². The summed E-state index contributed by atoms with van der Waals surface area (Å²) in [5.74, 6) is -4.27. The Morgan fingerprint density at radius 2 is 1.93 bits per heavy atom. The molecule has 1 aromatic rings. The van der Waals surface area contributed by atoms with Gasteiger partial charge in [0.25, 0.3) is 0 Å². The molecule has 0 bridgehead atoms. The number of carboxylic acids is 1. The van der Waals surface area contributed by atoms with Gasteiger partial charge in [-0.25, -0.2) is 13.6 Å². The normalized spacial score (nSPS) is 9.29. The molecule has 7 heteroatoms. The van der Waals surface area contributed by atoms with E-state index >= 15 is 0 Å². The summed E-state index contributed by atoms with van der Waals surface area (Å²) in [7, 11) is 0. The lowest BCUT2D eigenvalue weighted by atomic mass is 10.2. The highest BCUT2D eigenvalue weighted by atomic mass is 19.1. The van der Waals surface area contributed by atoms with Crippen LogP contribution in [-0.2, 0) is 0 Å². The first-order valence-electron chi connectivity index (χ1n) is 3.33. The topological polar surface area (TPSA) is 86.1 Å². The Bertz CT molecular complexity index is 418. The van der Waals surface area contributed by atoms with E-state index in [1.165, 1.54) is 0 Å². The number of hydrogen-bond acceptors (Lipinski definition) is 2. The number of benzene rings is 1. The molecule has 0 aliphatic heterocycles. The molecule has 1 N–H and O–H groups in total. The number of rotatable bonds is 2. The van der Waals surface area contributed by atoms with Gasteiger partial charge in [0.1, 0.15) is 17.2 Å². The van der Waals surface area contributed by atoms with Crippen LogP contribution in [0.25, 0.3) is 10.4 Å². The van der Waals surface area contributed by atoms with Crippen molar-refractivity contribution in [1.29, 1.82) is 0 Å². The SMILES string of the molecule is [N-]=[N+]=Nc1cc(F)c(C(=O)O)c(F)c1. The van der Waals surface area contributed by atoms with Crippen LogP contribution in [-0.4, -0.2) is 11.1 Å². The van der Waals surface area contributed by atoms with Gasteiger partial charge in [-0.1, -0.05) is 5.11 Å². The van der Waals surface area contributed by atoms with Crippen LogP contribution in [0.15, 0.2) is 17.2 Å². The molecule has 0 aliphatic rings. The molecule has 72 valence electrons. The molecule has 0 spiro atoms. The first kappa shape index (κ1) is 9.94. The minimum absolute atomic E-state index is 0.312. The third-order valence-corrected chi connectivity index (χ3v) is 1.40. The summed E-state index contributed by atoms with van der Waals surface area (Å²) in [6.07, 6.45) is 0. The summed E-state index contributed by atoms with van der Waals surface area (Å²) in [4.78, 5) is 12.6. The van der Waals surface area contributed by atoms with E-state index in [4.69, 9.17) is 10.6 Å². The number of aromatic carboxylic acids is 1. The van der Waals surface area contributed by atoms with Gasteiger partial charge in [0.2, 0.25) is 0 Å². The van der Waals surface area contributed by atoms with Gasteiger partial charge < -0.3 is 5.11 Å². The molecule has 5 nitrogen and oxygen atoms in total. The fourth-order valence-corrected chi connectivity index (χ4v) is 0.873. The van der Waals surface area contributed by atoms with Crippen molar-refractivity contribution in [3.8, 4) is 0 Å². The van der Waals surface area contributed by atoms with Gasteiger partial charge in [-0.15, -0.1) is 0 Å². The molecule has 0 saturated heterocycles. The predicted octanol–water partition coefficient (Wildman–Crippen LogP) is 2.60. The highest BCUT2D eigenvalue weighted by Crippen LogP contribution is 2.21. The highest BCUT2D eigenvalue weighted by molar-refractivity contribution is 5.88. The van der Waals surface area contributed by atoms with Crippen LogP contribution in [0.3, 0.4) is 0 Å². The maximum Gasteiger partial charge on any atom is 0.341 e.